The van der Waals surface area contributed by atoms with E-state index < -0.39 is 0 Å². The van der Waals surface area contributed by atoms with Gasteiger partial charge in [-0.1, -0.05) is 11.6 Å². The Hall–Kier alpha value is -0.170. The average molecular weight is 382 g/mol. The molecule has 1 aromatic carbocycles. The van der Waals surface area contributed by atoms with E-state index in [9.17, 15) is 4.39 Å². The van der Waals surface area contributed by atoms with E-state index in [1.165, 1.54) is 15.0 Å². The van der Waals surface area contributed by atoms with Crippen molar-refractivity contribution in [2.75, 3.05) is 0 Å². The monoisotopic (exact) mass is 381 g/mol. The summed E-state index contributed by atoms with van der Waals surface area (Å²) in [5, 5.41) is 2.59. The standard InChI is InChI=1S/C12H10ClFINS/c13-10-2-1-9(14)3-7(10)4-11(16)8-5-12(15)17-6-8/h1-3,5-6,11H,4,16H2. The quantitative estimate of drug-likeness (QED) is 0.784. The SMILES string of the molecule is NC(Cc1cc(F)ccc1Cl)c1csc(I)c1. The Bertz CT molecular complexity index is 529. The van der Waals surface area contributed by atoms with Crippen molar-refractivity contribution >= 4 is 45.5 Å². The van der Waals surface area contributed by atoms with Crippen molar-refractivity contribution in [3.63, 3.8) is 0 Å². The predicted molar refractivity (Wildman–Crippen MR) is 79.1 cm³/mol. The summed E-state index contributed by atoms with van der Waals surface area (Å²) in [4.78, 5) is 0. The third kappa shape index (κ3) is 3.40. The van der Waals surface area contributed by atoms with Crippen molar-refractivity contribution in [3.05, 3.63) is 54.5 Å². The van der Waals surface area contributed by atoms with Gasteiger partial charge in [0.1, 0.15) is 5.82 Å². The Labute approximate surface area is 122 Å². The molecule has 17 heavy (non-hydrogen) atoms. The Morgan fingerprint density at radius 2 is 2.18 bits per heavy atom. The van der Waals surface area contributed by atoms with Crippen LogP contribution in [0.4, 0.5) is 4.39 Å². The zero-order valence-corrected chi connectivity index (χ0v) is 12.5. The lowest BCUT2D eigenvalue weighted by atomic mass is 10.0. The summed E-state index contributed by atoms with van der Waals surface area (Å²) in [5.41, 5.74) is 7.90. The zero-order chi connectivity index (χ0) is 12.4. The van der Waals surface area contributed by atoms with E-state index in [4.69, 9.17) is 17.3 Å². The molecule has 90 valence electrons. The summed E-state index contributed by atoms with van der Waals surface area (Å²) < 4.78 is 14.3. The third-order valence-electron chi connectivity index (χ3n) is 2.46. The molecule has 0 fully saturated rings. The summed E-state index contributed by atoms with van der Waals surface area (Å²) in [6, 6.07) is 6.26. The maximum atomic E-state index is 13.1. The van der Waals surface area contributed by atoms with Gasteiger partial charge in [-0.25, -0.2) is 4.39 Å². The smallest absolute Gasteiger partial charge is 0.123 e. The lowest BCUT2D eigenvalue weighted by molar-refractivity contribution is 0.622. The Kier molecular flexibility index (Phi) is 4.41. The minimum atomic E-state index is -0.281. The van der Waals surface area contributed by atoms with Crippen molar-refractivity contribution in [2.24, 2.45) is 5.73 Å². The van der Waals surface area contributed by atoms with Gasteiger partial charge in [0.25, 0.3) is 0 Å². The lowest BCUT2D eigenvalue weighted by Gasteiger charge is -2.11. The molecule has 0 aliphatic heterocycles. The molecule has 2 rings (SSSR count). The van der Waals surface area contributed by atoms with Gasteiger partial charge in [-0.2, -0.15) is 0 Å². The van der Waals surface area contributed by atoms with Crippen LogP contribution in [0.1, 0.15) is 17.2 Å². The topological polar surface area (TPSA) is 26.0 Å². The van der Waals surface area contributed by atoms with Crippen LogP contribution in [0.2, 0.25) is 5.02 Å². The molecule has 1 nitrogen and oxygen atoms in total. The highest BCUT2D eigenvalue weighted by molar-refractivity contribution is 14.1. The zero-order valence-electron chi connectivity index (χ0n) is 8.79. The summed E-state index contributed by atoms with van der Waals surface area (Å²) in [6.45, 7) is 0. The fourth-order valence-electron chi connectivity index (χ4n) is 1.57. The van der Waals surface area contributed by atoms with Crippen molar-refractivity contribution in [2.45, 2.75) is 12.5 Å². The average Bonchev–Trinajstić information content (AvgIpc) is 2.70. The normalized spacial score (nSPS) is 12.7. The molecule has 1 atom stereocenters. The molecule has 2 N–H and O–H groups in total. The number of benzene rings is 1. The predicted octanol–water partition coefficient (Wildman–Crippen LogP) is 4.39. The summed E-state index contributed by atoms with van der Waals surface area (Å²) in [7, 11) is 0. The highest BCUT2D eigenvalue weighted by atomic mass is 127. The Morgan fingerprint density at radius 1 is 1.41 bits per heavy atom. The molecule has 0 saturated carbocycles. The van der Waals surface area contributed by atoms with Crippen LogP contribution in [0, 0.1) is 8.70 Å². The van der Waals surface area contributed by atoms with E-state index in [0.29, 0.717) is 11.4 Å². The second kappa shape index (κ2) is 5.65. The van der Waals surface area contributed by atoms with Gasteiger partial charge in [0, 0.05) is 11.1 Å². The van der Waals surface area contributed by atoms with Gasteiger partial charge >= 0.3 is 0 Å². The molecule has 2 aromatic rings. The number of halogens is 3. The van der Waals surface area contributed by atoms with Crippen LogP contribution in [0.3, 0.4) is 0 Å². The summed E-state index contributed by atoms with van der Waals surface area (Å²) >= 11 is 9.92. The first-order valence-corrected chi connectivity index (χ1v) is 7.33. The van der Waals surface area contributed by atoms with Gasteiger partial charge in [-0.15, -0.1) is 11.3 Å². The van der Waals surface area contributed by atoms with Gasteiger partial charge in [-0.3, -0.25) is 0 Å². The maximum Gasteiger partial charge on any atom is 0.123 e. The van der Waals surface area contributed by atoms with Crippen molar-refractivity contribution in [1.82, 2.24) is 0 Å². The van der Waals surface area contributed by atoms with Gasteiger partial charge in [0.15, 0.2) is 0 Å². The highest BCUT2D eigenvalue weighted by Gasteiger charge is 2.11. The molecule has 1 aromatic heterocycles. The second-order valence-corrected chi connectivity index (χ2v) is 6.94. The minimum absolute atomic E-state index is 0.144. The summed E-state index contributed by atoms with van der Waals surface area (Å²) in [6.07, 6.45) is 0.545. The Morgan fingerprint density at radius 3 is 2.82 bits per heavy atom. The molecule has 0 spiro atoms. The van der Waals surface area contributed by atoms with E-state index >= 15 is 0 Å². The molecular formula is C12H10ClFINS. The molecule has 0 radical (unpaired) electrons. The fourth-order valence-corrected chi connectivity index (χ4v) is 3.20. The molecule has 0 bridgehead atoms. The molecule has 0 aliphatic rings. The van der Waals surface area contributed by atoms with E-state index in [1.54, 1.807) is 17.4 Å². The minimum Gasteiger partial charge on any atom is -0.324 e. The molecule has 0 amide bonds. The molecular weight excluding hydrogens is 372 g/mol. The van der Waals surface area contributed by atoms with Crippen LogP contribution < -0.4 is 5.73 Å². The first-order valence-electron chi connectivity index (χ1n) is 4.99. The molecule has 0 aliphatic carbocycles. The van der Waals surface area contributed by atoms with Crippen molar-refractivity contribution < 1.29 is 4.39 Å². The maximum absolute atomic E-state index is 13.1. The van der Waals surface area contributed by atoms with Crippen LogP contribution in [-0.2, 0) is 6.42 Å². The lowest BCUT2D eigenvalue weighted by Crippen LogP contribution is -2.12. The van der Waals surface area contributed by atoms with E-state index in [0.717, 1.165) is 11.1 Å². The largest absolute Gasteiger partial charge is 0.324 e. The van der Waals surface area contributed by atoms with Crippen LogP contribution in [0.5, 0.6) is 0 Å². The van der Waals surface area contributed by atoms with Crippen molar-refractivity contribution in [3.8, 4) is 0 Å². The third-order valence-corrected chi connectivity index (χ3v) is 4.64. The molecule has 1 unspecified atom stereocenters. The van der Waals surface area contributed by atoms with Gasteiger partial charge in [0.05, 0.1) is 2.88 Å². The first-order chi connectivity index (χ1) is 8.06. The number of hydrogen-bond donors (Lipinski definition) is 1. The summed E-state index contributed by atoms with van der Waals surface area (Å²) in [5.74, 6) is -0.281. The second-order valence-electron chi connectivity index (χ2n) is 3.73. The van der Waals surface area contributed by atoms with E-state index in [-0.39, 0.29) is 11.9 Å². The van der Waals surface area contributed by atoms with Crippen molar-refractivity contribution in [1.29, 1.82) is 0 Å². The van der Waals surface area contributed by atoms with Gasteiger partial charge < -0.3 is 5.73 Å². The highest BCUT2D eigenvalue weighted by Crippen LogP contribution is 2.26. The number of nitrogens with two attached hydrogens (primary N) is 1. The Balaban J connectivity index is 2.18. The number of hydrogen-bond acceptors (Lipinski definition) is 2. The molecule has 1 heterocycles. The molecule has 0 saturated heterocycles. The number of rotatable bonds is 3. The van der Waals surface area contributed by atoms with E-state index in [2.05, 4.69) is 22.6 Å². The fraction of sp³-hybridized carbons (Fsp3) is 0.167. The van der Waals surface area contributed by atoms with Crippen LogP contribution in [0.15, 0.2) is 29.6 Å². The first kappa shape index (κ1) is 13.3. The van der Waals surface area contributed by atoms with Crippen LogP contribution in [0.25, 0.3) is 0 Å². The number of thiophene rings is 1. The van der Waals surface area contributed by atoms with Crippen LogP contribution in [-0.4, -0.2) is 0 Å². The van der Waals surface area contributed by atoms with Crippen LogP contribution >= 0.6 is 45.5 Å². The molecule has 5 heteroatoms. The van der Waals surface area contributed by atoms with Gasteiger partial charge in [-0.05, 0) is 69.8 Å². The van der Waals surface area contributed by atoms with E-state index in [1.807, 2.05) is 11.4 Å². The van der Waals surface area contributed by atoms with Gasteiger partial charge in [0.2, 0.25) is 0 Å².